The smallest absolute Gasteiger partial charge is 0.228 e. The number of anilines is 1. The average Bonchev–Trinajstić information content (AvgIpc) is 2.82. The number of benzene rings is 2. The van der Waals surface area contributed by atoms with Crippen molar-refractivity contribution in [2.45, 2.75) is 0 Å². The van der Waals surface area contributed by atoms with Gasteiger partial charge in [-0.1, -0.05) is 30.3 Å². The van der Waals surface area contributed by atoms with Crippen LogP contribution in [0.5, 0.6) is 0 Å². The first-order valence-corrected chi connectivity index (χ1v) is 5.03. The molecule has 0 fully saturated rings. The van der Waals surface area contributed by atoms with Gasteiger partial charge in [0.05, 0.1) is 11.8 Å². The van der Waals surface area contributed by atoms with Gasteiger partial charge >= 0.3 is 0 Å². The second-order valence-corrected chi connectivity index (χ2v) is 3.59. The Bertz CT molecular complexity index is 629. The van der Waals surface area contributed by atoms with Crippen LogP contribution in [0.25, 0.3) is 22.2 Å². The average molecular weight is 210 g/mol. The molecule has 0 aliphatic rings. The Hall–Kier alpha value is -2.29. The molecule has 0 saturated heterocycles. The maximum atomic E-state index is 5.98. The Morgan fingerprint density at radius 3 is 2.75 bits per heavy atom. The van der Waals surface area contributed by atoms with Crippen molar-refractivity contribution in [3.8, 4) is 11.5 Å². The van der Waals surface area contributed by atoms with Crippen molar-refractivity contribution in [1.29, 1.82) is 0 Å². The summed E-state index contributed by atoms with van der Waals surface area (Å²) in [6, 6.07) is 11.9. The molecule has 3 heteroatoms. The van der Waals surface area contributed by atoms with Crippen LogP contribution in [0, 0.1) is 0 Å². The van der Waals surface area contributed by atoms with Crippen molar-refractivity contribution in [3.63, 3.8) is 0 Å². The Morgan fingerprint density at radius 2 is 1.94 bits per heavy atom. The summed E-state index contributed by atoms with van der Waals surface area (Å²) in [5.41, 5.74) is 7.52. The van der Waals surface area contributed by atoms with Gasteiger partial charge in [0.15, 0.2) is 0 Å². The van der Waals surface area contributed by atoms with Gasteiger partial charge in [0, 0.05) is 5.69 Å². The molecule has 3 rings (SSSR count). The number of fused-ring (bicyclic) bond motifs is 1. The third-order valence-electron chi connectivity index (χ3n) is 2.61. The zero-order valence-electron chi connectivity index (χ0n) is 8.55. The van der Waals surface area contributed by atoms with E-state index in [4.69, 9.17) is 10.2 Å². The second kappa shape index (κ2) is 3.38. The van der Waals surface area contributed by atoms with Crippen molar-refractivity contribution < 1.29 is 4.42 Å². The number of nitrogens with two attached hydrogens (primary N) is 1. The highest BCUT2D eigenvalue weighted by Crippen LogP contribution is 2.32. The third kappa shape index (κ3) is 1.26. The summed E-state index contributed by atoms with van der Waals surface area (Å²) in [5.74, 6) is 0.564. The van der Waals surface area contributed by atoms with Gasteiger partial charge < -0.3 is 10.2 Å². The predicted octanol–water partition coefficient (Wildman–Crippen LogP) is 3.08. The quantitative estimate of drug-likeness (QED) is 0.628. The van der Waals surface area contributed by atoms with E-state index in [-0.39, 0.29) is 0 Å². The summed E-state index contributed by atoms with van der Waals surface area (Å²) < 4.78 is 5.32. The van der Waals surface area contributed by atoms with E-state index in [1.807, 2.05) is 36.4 Å². The van der Waals surface area contributed by atoms with Crippen LogP contribution < -0.4 is 5.73 Å². The molecular formula is C13H10N2O. The van der Waals surface area contributed by atoms with Crippen molar-refractivity contribution in [2.24, 2.45) is 0 Å². The molecular weight excluding hydrogens is 200 g/mol. The number of aromatic nitrogens is 1. The number of oxazole rings is 1. The lowest BCUT2D eigenvalue weighted by atomic mass is 10.0. The molecule has 2 aromatic carbocycles. The van der Waals surface area contributed by atoms with Crippen LogP contribution in [-0.2, 0) is 0 Å². The molecule has 0 saturated carbocycles. The Labute approximate surface area is 92.5 Å². The van der Waals surface area contributed by atoms with Crippen molar-refractivity contribution >= 4 is 16.5 Å². The summed E-state index contributed by atoms with van der Waals surface area (Å²) in [6.07, 6.45) is 3.17. The number of hydrogen-bond acceptors (Lipinski definition) is 3. The predicted molar refractivity (Wildman–Crippen MR) is 63.9 cm³/mol. The minimum Gasteiger partial charge on any atom is -0.444 e. The van der Waals surface area contributed by atoms with Gasteiger partial charge in [-0.2, -0.15) is 0 Å². The first-order chi connectivity index (χ1) is 7.86. The lowest BCUT2D eigenvalue weighted by molar-refractivity contribution is 0.575. The highest BCUT2D eigenvalue weighted by molar-refractivity contribution is 6.00. The molecule has 0 unspecified atom stereocenters. The number of nitrogens with zero attached hydrogens (tertiary/aromatic N) is 1. The summed E-state index contributed by atoms with van der Waals surface area (Å²) in [7, 11) is 0. The van der Waals surface area contributed by atoms with E-state index >= 15 is 0 Å². The van der Waals surface area contributed by atoms with Crippen LogP contribution in [0.15, 0.2) is 53.3 Å². The Kier molecular flexibility index (Phi) is 1.90. The normalized spacial score (nSPS) is 10.8. The van der Waals surface area contributed by atoms with E-state index in [0.717, 1.165) is 16.3 Å². The largest absolute Gasteiger partial charge is 0.444 e. The molecule has 1 aromatic heterocycles. The van der Waals surface area contributed by atoms with Crippen LogP contribution in [0.2, 0.25) is 0 Å². The highest BCUT2D eigenvalue weighted by Gasteiger charge is 2.10. The molecule has 2 N–H and O–H groups in total. The summed E-state index contributed by atoms with van der Waals surface area (Å²) in [5, 5.41) is 2.19. The van der Waals surface area contributed by atoms with Gasteiger partial charge in [0.1, 0.15) is 6.26 Å². The van der Waals surface area contributed by atoms with Gasteiger partial charge in [-0.15, -0.1) is 0 Å². The molecule has 0 amide bonds. The summed E-state index contributed by atoms with van der Waals surface area (Å²) in [6.45, 7) is 0. The maximum absolute atomic E-state index is 5.98. The molecule has 0 bridgehead atoms. The minimum atomic E-state index is 0.564. The highest BCUT2D eigenvalue weighted by atomic mass is 16.3. The van der Waals surface area contributed by atoms with E-state index < -0.39 is 0 Å². The number of rotatable bonds is 1. The molecule has 0 radical (unpaired) electrons. The van der Waals surface area contributed by atoms with E-state index in [2.05, 4.69) is 4.98 Å². The standard InChI is InChI=1S/C13H10N2O/c14-11-6-5-9-3-1-2-4-10(9)12(11)13-15-7-8-16-13/h1-8H,14H2. The van der Waals surface area contributed by atoms with Crippen LogP contribution >= 0.6 is 0 Å². The van der Waals surface area contributed by atoms with Crippen molar-refractivity contribution in [2.75, 3.05) is 5.73 Å². The summed E-state index contributed by atoms with van der Waals surface area (Å²) in [4.78, 5) is 4.15. The number of nitrogen functional groups attached to an aromatic ring is 1. The third-order valence-corrected chi connectivity index (χ3v) is 2.61. The van der Waals surface area contributed by atoms with E-state index in [9.17, 15) is 0 Å². The Morgan fingerprint density at radius 1 is 1.06 bits per heavy atom. The topological polar surface area (TPSA) is 52.0 Å². The van der Waals surface area contributed by atoms with Gasteiger partial charge in [0.2, 0.25) is 5.89 Å². The molecule has 1 heterocycles. The first kappa shape index (κ1) is 8.97. The van der Waals surface area contributed by atoms with Crippen LogP contribution in [0.4, 0.5) is 5.69 Å². The second-order valence-electron chi connectivity index (χ2n) is 3.59. The van der Waals surface area contributed by atoms with E-state index in [0.29, 0.717) is 11.6 Å². The van der Waals surface area contributed by atoms with Gasteiger partial charge in [0.25, 0.3) is 0 Å². The monoisotopic (exact) mass is 210 g/mol. The molecule has 0 spiro atoms. The molecule has 3 nitrogen and oxygen atoms in total. The van der Waals surface area contributed by atoms with Crippen molar-refractivity contribution in [3.05, 3.63) is 48.9 Å². The first-order valence-electron chi connectivity index (χ1n) is 5.03. The molecule has 0 atom stereocenters. The summed E-state index contributed by atoms with van der Waals surface area (Å²) >= 11 is 0. The molecule has 16 heavy (non-hydrogen) atoms. The van der Waals surface area contributed by atoms with E-state index in [1.165, 1.54) is 0 Å². The van der Waals surface area contributed by atoms with Crippen LogP contribution in [0.1, 0.15) is 0 Å². The fourth-order valence-corrected chi connectivity index (χ4v) is 1.87. The lowest BCUT2D eigenvalue weighted by Crippen LogP contribution is -1.91. The number of hydrogen-bond donors (Lipinski definition) is 1. The van der Waals surface area contributed by atoms with Crippen LogP contribution in [0.3, 0.4) is 0 Å². The Balaban J connectivity index is 2.42. The van der Waals surface area contributed by atoms with E-state index in [1.54, 1.807) is 12.5 Å². The van der Waals surface area contributed by atoms with Crippen molar-refractivity contribution in [1.82, 2.24) is 4.98 Å². The molecule has 78 valence electrons. The fraction of sp³-hybridized carbons (Fsp3) is 0. The minimum absolute atomic E-state index is 0.564. The zero-order valence-corrected chi connectivity index (χ0v) is 8.55. The van der Waals surface area contributed by atoms with Gasteiger partial charge in [-0.3, -0.25) is 0 Å². The molecule has 3 aromatic rings. The maximum Gasteiger partial charge on any atom is 0.228 e. The van der Waals surface area contributed by atoms with Crippen LogP contribution in [-0.4, -0.2) is 4.98 Å². The van der Waals surface area contributed by atoms with Gasteiger partial charge in [-0.05, 0) is 16.8 Å². The SMILES string of the molecule is Nc1ccc2ccccc2c1-c1ncco1. The zero-order chi connectivity index (χ0) is 11.0. The fourth-order valence-electron chi connectivity index (χ4n) is 1.87. The van der Waals surface area contributed by atoms with Gasteiger partial charge in [-0.25, -0.2) is 4.98 Å². The lowest BCUT2D eigenvalue weighted by Gasteiger charge is -2.06. The molecule has 0 aliphatic heterocycles. The molecule has 0 aliphatic carbocycles.